The molecule has 0 spiro atoms. The highest BCUT2D eigenvalue weighted by Gasteiger charge is 2.25. The number of aromatic hydroxyl groups is 1. The zero-order chi connectivity index (χ0) is 18.1. The van der Waals surface area contributed by atoms with E-state index in [1.165, 1.54) is 0 Å². The molecule has 130 valence electrons. The molecule has 0 saturated heterocycles. The predicted octanol–water partition coefficient (Wildman–Crippen LogP) is 2.90. The monoisotopic (exact) mass is 341 g/mol. The van der Waals surface area contributed by atoms with Crippen LogP contribution in [0.5, 0.6) is 5.88 Å². The molecule has 0 radical (unpaired) electrons. The van der Waals surface area contributed by atoms with Crippen LogP contribution in [0.1, 0.15) is 36.6 Å². The van der Waals surface area contributed by atoms with Gasteiger partial charge in [-0.3, -0.25) is 9.59 Å². The molecule has 3 N–H and O–H groups in total. The van der Waals surface area contributed by atoms with Crippen LogP contribution in [0, 0.1) is 13.8 Å². The number of pyridine rings is 1. The van der Waals surface area contributed by atoms with Crippen LogP contribution in [0.25, 0.3) is 0 Å². The number of nitrogens with zero attached hydrogens (tertiary/aromatic N) is 1. The third kappa shape index (κ3) is 3.13. The lowest BCUT2D eigenvalue weighted by Gasteiger charge is -2.20. The summed E-state index contributed by atoms with van der Waals surface area (Å²) in [5.74, 6) is 1.24. The van der Waals surface area contributed by atoms with Crippen LogP contribution in [-0.4, -0.2) is 10.1 Å². The van der Waals surface area contributed by atoms with Gasteiger partial charge >= 0.3 is 0 Å². The Morgan fingerprint density at radius 1 is 1.12 bits per heavy atom. The summed E-state index contributed by atoms with van der Waals surface area (Å²) in [6.45, 7) is 5.53. The summed E-state index contributed by atoms with van der Waals surface area (Å²) in [6, 6.07) is 6.75. The average molecular weight is 341 g/mol. The quantitative estimate of drug-likeness (QED) is 0.592. The minimum Gasteiger partial charge on any atom is -0.492 e. The maximum absolute atomic E-state index is 12.0. The molecule has 1 atom stereocenters. The molecule has 3 rings (SSSR count). The third-order valence-electron chi connectivity index (χ3n) is 4.02. The number of hydrogen-bond donors (Lipinski definition) is 3. The lowest BCUT2D eigenvalue weighted by Crippen LogP contribution is -2.37. The van der Waals surface area contributed by atoms with Gasteiger partial charge < -0.3 is 20.2 Å². The SMILES string of the molecule is CC[C@@H](Nc1c(Nc2ccc(C)nc2O)c(=O)c1=O)c1ccc(C)o1. The lowest BCUT2D eigenvalue weighted by atomic mass is 10.1. The molecule has 0 amide bonds. The van der Waals surface area contributed by atoms with Gasteiger partial charge in [-0.1, -0.05) is 6.92 Å². The van der Waals surface area contributed by atoms with Crippen molar-refractivity contribution < 1.29 is 9.52 Å². The van der Waals surface area contributed by atoms with Crippen LogP contribution in [0.3, 0.4) is 0 Å². The summed E-state index contributed by atoms with van der Waals surface area (Å²) in [4.78, 5) is 27.8. The van der Waals surface area contributed by atoms with E-state index in [0.29, 0.717) is 17.9 Å². The Morgan fingerprint density at radius 3 is 2.44 bits per heavy atom. The molecule has 2 aromatic heterocycles. The van der Waals surface area contributed by atoms with Gasteiger partial charge in [-0.05, 0) is 44.5 Å². The Balaban J connectivity index is 1.87. The Kier molecular flexibility index (Phi) is 4.31. The third-order valence-corrected chi connectivity index (χ3v) is 4.02. The smallest absolute Gasteiger partial charge is 0.253 e. The van der Waals surface area contributed by atoms with Crippen LogP contribution >= 0.6 is 0 Å². The molecule has 3 aromatic rings. The van der Waals surface area contributed by atoms with Crippen molar-refractivity contribution in [2.45, 2.75) is 33.2 Å². The summed E-state index contributed by atoms with van der Waals surface area (Å²) in [5, 5.41) is 15.7. The van der Waals surface area contributed by atoms with Gasteiger partial charge in [0.15, 0.2) is 0 Å². The van der Waals surface area contributed by atoms with Gasteiger partial charge in [0.05, 0.1) is 6.04 Å². The lowest BCUT2D eigenvalue weighted by molar-refractivity contribution is 0.452. The summed E-state index contributed by atoms with van der Waals surface area (Å²) < 4.78 is 5.60. The number of aryl methyl sites for hydroxylation is 2. The second-order valence-electron chi connectivity index (χ2n) is 5.91. The van der Waals surface area contributed by atoms with E-state index < -0.39 is 10.9 Å². The molecule has 0 aliphatic heterocycles. The Labute approximate surface area is 144 Å². The van der Waals surface area contributed by atoms with Crippen molar-refractivity contribution >= 4 is 17.1 Å². The zero-order valence-corrected chi connectivity index (χ0v) is 14.2. The van der Waals surface area contributed by atoms with Crippen molar-refractivity contribution in [2.75, 3.05) is 10.6 Å². The maximum Gasteiger partial charge on any atom is 0.253 e. The summed E-state index contributed by atoms with van der Waals surface area (Å²) in [7, 11) is 0. The second kappa shape index (κ2) is 6.43. The Bertz CT molecular complexity index is 983. The van der Waals surface area contributed by atoms with E-state index in [1.54, 1.807) is 19.1 Å². The Morgan fingerprint density at radius 2 is 1.84 bits per heavy atom. The number of nitrogens with one attached hydrogen (secondary N) is 2. The molecule has 25 heavy (non-hydrogen) atoms. The zero-order valence-electron chi connectivity index (χ0n) is 14.2. The standard InChI is InChI=1S/C18H19N3O4/c1-4-11(13-8-6-10(3)25-13)20-14-15(17(23)16(14)22)21-12-7-5-9(2)19-18(12)24/h5-8,11,20-21H,4H2,1-3H3,(H,19,24)/t11-/m1/s1. The van der Waals surface area contributed by atoms with E-state index >= 15 is 0 Å². The molecule has 1 aromatic carbocycles. The van der Waals surface area contributed by atoms with Gasteiger partial charge in [0.2, 0.25) is 5.88 Å². The van der Waals surface area contributed by atoms with Crippen molar-refractivity contribution in [3.05, 3.63) is 61.9 Å². The number of aromatic nitrogens is 1. The van der Waals surface area contributed by atoms with E-state index in [-0.39, 0.29) is 29.0 Å². The number of furan rings is 1. The molecule has 7 heteroatoms. The van der Waals surface area contributed by atoms with Crippen molar-refractivity contribution in [2.24, 2.45) is 0 Å². The number of rotatable bonds is 6. The van der Waals surface area contributed by atoms with Crippen LogP contribution in [0.2, 0.25) is 0 Å². The highest BCUT2D eigenvalue weighted by Crippen LogP contribution is 2.30. The second-order valence-corrected chi connectivity index (χ2v) is 5.91. The highest BCUT2D eigenvalue weighted by atomic mass is 16.3. The van der Waals surface area contributed by atoms with E-state index in [2.05, 4.69) is 15.6 Å². The molecule has 0 bridgehead atoms. The van der Waals surface area contributed by atoms with E-state index in [4.69, 9.17) is 4.42 Å². The molecule has 0 saturated carbocycles. The van der Waals surface area contributed by atoms with E-state index in [0.717, 1.165) is 5.76 Å². The maximum atomic E-state index is 12.0. The van der Waals surface area contributed by atoms with Gasteiger partial charge in [0.25, 0.3) is 10.9 Å². The topological polar surface area (TPSA) is 104 Å². The van der Waals surface area contributed by atoms with Crippen LogP contribution in [0.4, 0.5) is 17.1 Å². The minimum absolute atomic E-state index is 0.118. The van der Waals surface area contributed by atoms with Gasteiger partial charge in [-0.25, -0.2) is 4.98 Å². The summed E-state index contributed by atoms with van der Waals surface area (Å²) in [5.41, 5.74) is -0.0106. The minimum atomic E-state index is -0.632. The van der Waals surface area contributed by atoms with E-state index in [1.807, 2.05) is 26.0 Å². The first kappa shape index (κ1) is 16.8. The molecule has 0 fully saturated rings. The molecule has 0 unspecified atom stereocenters. The van der Waals surface area contributed by atoms with Crippen molar-refractivity contribution in [3.8, 4) is 5.88 Å². The van der Waals surface area contributed by atoms with Crippen LogP contribution in [0.15, 0.2) is 38.3 Å². The molecular formula is C18H19N3O4. The number of anilines is 3. The largest absolute Gasteiger partial charge is 0.492 e. The van der Waals surface area contributed by atoms with Gasteiger partial charge in [0, 0.05) is 5.69 Å². The van der Waals surface area contributed by atoms with Crippen LogP contribution < -0.4 is 21.5 Å². The number of hydrogen-bond acceptors (Lipinski definition) is 7. The molecule has 0 aliphatic rings. The van der Waals surface area contributed by atoms with E-state index in [9.17, 15) is 14.7 Å². The molecule has 7 nitrogen and oxygen atoms in total. The molecular weight excluding hydrogens is 322 g/mol. The van der Waals surface area contributed by atoms with Crippen molar-refractivity contribution in [3.63, 3.8) is 0 Å². The van der Waals surface area contributed by atoms with Gasteiger partial charge in [-0.15, -0.1) is 0 Å². The summed E-state index contributed by atoms with van der Waals surface area (Å²) >= 11 is 0. The van der Waals surface area contributed by atoms with Gasteiger partial charge in [-0.2, -0.15) is 0 Å². The first-order chi connectivity index (χ1) is 11.9. The average Bonchev–Trinajstić information content (AvgIpc) is 3.01. The predicted molar refractivity (Wildman–Crippen MR) is 95.4 cm³/mol. The van der Waals surface area contributed by atoms with Crippen LogP contribution in [-0.2, 0) is 0 Å². The van der Waals surface area contributed by atoms with Gasteiger partial charge in [0.1, 0.15) is 28.6 Å². The van der Waals surface area contributed by atoms with Crippen molar-refractivity contribution in [1.82, 2.24) is 4.98 Å². The first-order valence-corrected chi connectivity index (χ1v) is 8.00. The fourth-order valence-corrected chi connectivity index (χ4v) is 2.61. The molecule has 0 aliphatic carbocycles. The summed E-state index contributed by atoms with van der Waals surface area (Å²) in [6.07, 6.45) is 0.669. The fraction of sp³-hybridized carbons (Fsp3) is 0.278. The Hall–Kier alpha value is -3.09. The first-order valence-electron chi connectivity index (χ1n) is 8.00. The fourth-order valence-electron chi connectivity index (χ4n) is 2.61. The highest BCUT2D eigenvalue weighted by molar-refractivity contribution is 5.80. The normalized spacial score (nSPS) is 12.3. The molecule has 2 heterocycles. The van der Waals surface area contributed by atoms with Crippen molar-refractivity contribution in [1.29, 1.82) is 0 Å².